The topological polar surface area (TPSA) is 101 Å². The van der Waals surface area contributed by atoms with Gasteiger partial charge in [0.05, 0.1) is 17.7 Å². The number of urea groups is 1. The number of nitriles is 1. The minimum absolute atomic E-state index is 0.0271. The standard InChI is InChI=1S/C32H34ClN7O/c1-23-36-13-14-40(23)22-26-7-4-24(3-2-12-34)19-31(29-11-8-27(33)20-30(26)29)38-15-17-39(18-16-38)32(41)37-28-9-5-25(21-35)6-10-28/h5-14,19-20,31,34H,2-4,15-18,22H2,1H3,(H,37,41)/b24-19-,26-7-,34-12?. The van der Waals surface area contributed by atoms with Crippen LogP contribution in [0, 0.1) is 23.7 Å². The Hall–Kier alpha value is -4.19. The Morgan fingerprint density at radius 1 is 1.20 bits per heavy atom. The first-order valence-corrected chi connectivity index (χ1v) is 14.3. The highest BCUT2D eigenvalue weighted by Gasteiger charge is 2.29. The summed E-state index contributed by atoms with van der Waals surface area (Å²) in [5, 5.41) is 20.3. The zero-order valence-corrected chi connectivity index (χ0v) is 23.9. The lowest BCUT2D eigenvalue weighted by molar-refractivity contribution is 0.128. The van der Waals surface area contributed by atoms with Crippen molar-refractivity contribution in [3.8, 4) is 6.07 Å². The van der Waals surface area contributed by atoms with Crippen LogP contribution in [0.5, 0.6) is 0 Å². The van der Waals surface area contributed by atoms with Gasteiger partial charge in [-0.05, 0) is 85.5 Å². The molecule has 210 valence electrons. The highest BCUT2D eigenvalue weighted by atomic mass is 35.5. The van der Waals surface area contributed by atoms with Gasteiger partial charge in [-0.15, -0.1) is 0 Å². The molecule has 41 heavy (non-hydrogen) atoms. The number of anilines is 1. The molecule has 0 spiro atoms. The second kappa shape index (κ2) is 13.0. The van der Waals surface area contributed by atoms with Gasteiger partial charge < -0.3 is 20.2 Å². The Morgan fingerprint density at radius 3 is 2.66 bits per heavy atom. The molecule has 2 amide bonds. The number of carbonyl (C=O) groups excluding carboxylic acids is 1. The van der Waals surface area contributed by atoms with Crippen molar-refractivity contribution in [1.29, 1.82) is 10.7 Å². The predicted octanol–water partition coefficient (Wildman–Crippen LogP) is 6.45. The van der Waals surface area contributed by atoms with Crippen molar-refractivity contribution in [2.24, 2.45) is 0 Å². The molecule has 1 aliphatic carbocycles. The normalized spacial score (nSPS) is 19.9. The predicted molar refractivity (Wildman–Crippen MR) is 163 cm³/mol. The van der Waals surface area contributed by atoms with Crippen molar-refractivity contribution in [3.05, 3.63) is 100 Å². The summed E-state index contributed by atoms with van der Waals surface area (Å²) in [6.45, 7) is 5.36. The summed E-state index contributed by atoms with van der Waals surface area (Å²) in [5.41, 5.74) is 6.08. The van der Waals surface area contributed by atoms with Gasteiger partial charge in [-0.1, -0.05) is 35.4 Å². The molecule has 5 rings (SSSR count). The van der Waals surface area contributed by atoms with E-state index < -0.39 is 0 Å². The Kier molecular flexibility index (Phi) is 8.98. The third kappa shape index (κ3) is 6.76. The largest absolute Gasteiger partial charge is 0.331 e. The third-order valence-electron chi connectivity index (χ3n) is 7.82. The number of aryl methyl sites for hydroxylation is 1. The number of carbonyl (C=O) groups is 1. The Morgan fingerprint density at radius 2 is 1.98 bits per heavy atom. The van der Waals surface area contributed by atoms with Crippen LogP contribution in [0.15, 0.2) is 72.6 Å². The maximum Gasteiger partial charge on any atom is 0.321 e. The molecule has 2 aliphatic rings. The Labute approximate surface area is 246 Å². The fraction of sp³-hybridized carbons (Fsp3) is 0.312. The van der Waals surface area contributed by atoms with Gasteiger partial charge in [0, 0.05) is 55.8 Å². The molecule has 1 aromatic heterocycles. The summed E-state index contributed by atoms with van der Waals surface area (Å²) < 4.78 is 2.15. The van der Waals surface area contributed by atoms with Crippen LogP contribution in [-0.2, 0) is 6.54 Å². The summed E-state index contributed by atoms with van der Waals surface area (Å²) in [4.78, 5) is 21.7. The molecule has 0 radical (unpaired) electrons. The van der Waals surface area contributed by atoms with E-state index in [1.165, 1.54) is 22.9 Å². The third-order valence-corrected chi connectivity index (χ3v) is 8.05. The SMILES string of the molecule is Cc1nccn1C/C1=C/C/C(CCC=N)=C\C(N2CCN(C(=O)Nc3ccc(C#N)cc3)CC2)c2ccc(Cl)cc21. The van der Waals surface area contributed by atoms with Gasteiger partial charge in [-0.2, -0.15) is 5.26 Å². The summed E-state index contributed by atoms with van der Waals surface area (Å²) in [6.07, 6.45) is 12.3. The molecular weight excluding hydrogens is 534 g/mol. The van der Waals surface area contributed by atoms with Crippen LogP contribution in [0.3, 0.4) is 0 Å². The van der Waals surface area contributed by atoms with Gasteiger partial charge in [0.1, 0.15) is 5.82 Å². The molecule has 0 bridgehead atoms. The second-order valence-electron chi connectivity index (χ2n) is 10.4. The summed E-state index contributed by atoms with van der Waals surface area (Å²) in [6, 6.07) is 15.1. The van der Waals surface area contributed by atoms with Gasteiger partial charge in [0.25, 0.3) is 0 Å². The highest BCUT2D eigenvalue weighted by molar-refractivity contribution is 6.30. The monoisotopic (exact) mass is 567 g/mol. The molecule has 3 aromatic rings. The lowest BCUT2D eigenvalue weighted by atomic mass is 9.87. The second-order valence-corrected chi connectivity index (χ2v) is 10.9. The number of aromatic nitrogens is 2. The molecule has 1 saturated heterocycles. The number of benzene rings is 2. The number of nitrogens with zero attached hydrogens (tertiary/aromatic N) is 5. The van der Waals surface area contributed by atoms with E-state index in [-0.39, 0.29) is 12.1 Å². The molecule has 1 atom stereocenters. The molecular formula is C32H34ClN7O. The first kappa shape index (κ1) is 28.3. The van der Waals surface area contributed by atoms with Crippen molar-refractivity contribution in [2.45, 2.75) is 38.8 Å². The Bertz CT molecular complexity index is 1510. The van der Waals surface area contributed by atoms with E-state index in [0.717, 1.165) is 37.3 Å². The zero-order chi connectivity index (χ0) is 28.8. The fourth-order valence-corrected chi connectivity index (χ4v) is 5.66. The molecule has 1 unspecified atom stereocenters. The van der Waals surface area contributed by atoms with Crippen LogP contribution in [0.1, 0.15) is 47.8 Å². The number of amides is 2. The van der Waals surface area contributed by atoms with Crippen molar-refractivity contribution in [2.75, 3.05) is 31.5 Å². The van der Waals surface area contributed by atoms with E-state index in [0.29, 0.717) is 42.3 Å². The number of halogens is 1. The minimum atomic E-state index is -0.137. The number of fused-ring (bicyclic) bond motifs is 1. The molecule has 0 saturated carbocycles. The van der Waals surface area contributed by atoms with Crippen LogP contribution in [-0.4, -0.2) is 57.8 Å². The van der Waals surface area contributed by atoms with Crippen LogP contribution in [0.2, 0.25) is 5.02 Å². The summed E-state index contributed by atoms with van der Waals surface area (Å²) in [5.74, 6) is 0.961. The number of nitrogens with one attached hydrogen (secondary N) is 2. The van der Waals surface area contributed by atoms with E-state index in [9.17, 15) is 4.79 Å². The molecule has 1 fully saturated rings. The summed E-state index contributed by atoms with van der Waals surface area (Å²) >= 11 is 6.55. The van der Waals surface area contributed by atoms with Crippen LogP contribution in [0.25, 0.3) is 5.57 Å². The van der Waals surface area contributed by atoms with Gasteiger partial charge >= 0.3 is 6.03 Å². The zero-order valence-electron chi connectivity index (χ0n) is 23.2. The van der Waals surface area contributed by atoms with Gasteiger partial charge in [0.2, 0.25) is 0 Å². The number of hydrogen-bond acceptors (Lipinski definition) is 5. The molecule has 1 aliphatic heterocycles. The van der Waals surface area contributed by atoms with Gasteiger partial charge in [-0.3, -0.25) is 4.90 Å². The number of hydrogen-bond donors (Lipinski definition) is 2. The Balaban J connectivity index is 1.38. The molecule has 2 N–H and O–H groups in total. The lowest BCUT2D eigenvalue weighted by Crippen LogP contribution is -2.50. The number of imidazole rings is 1. The number of piperazine rings is 1. The van der Waals surface area contributed by atoms with E-state index in [1.807, 2.05) is 30.3 Å². The van der Waals surface area contributed by atoms with Crippen molar-refractivity contribution in [3.63, 3.8) is 0 Å². The first-order chi connectivity index (χ1) is 19.9. The molecule has 8 nitrogen and oxygen atoms in total. The molecule has 9 heteroatoms. The fourth-order valence-electron chi connectivity index (χ4n) is 5.49. The lowest BCUT2D eigenvalue weighted by Gasteiger charge is -2.40. The maximum absolute atomic E-state index is 13.0. The number of rotatable bonds is 7. The van der Waals surface area contributed by atoms with Crippen molar-refractivity contribution < 1.29 is 4.79 Å². The van der Waals surface area contributed by atoms with Gasteiger partial charge in [0.15, 0.2) is 0 Å². The highest BCUT2D eigenvalue weighted by Crippen LogP contribution is 2.37. The maximum atomic E-state index is 13.0. The minimum Gasteiger partial charge on any atom is -0.331 e. The van der Waals surface area contributed by atoms with E-state index in [2.05, 4.69) is 50.1 Å². The van der Waals surface area contributed by atoms with E-state index in [1.54, 1.807) is 24.3 Å². The van der Waals surface area contributed by atoms with Crippen molar-refractivity contribution >= 4 is 35.1 Å². The van der Waals surface area contributed by atoms with E-state index >= 15 is 0 Å². The van der Waals surface area contributed by atoms with Crippen LogP contribution < -0.4 is 5.32 Å². The first-order valence-electron chi connectivity index (χ1n) is 13.9. The molecule has 2 aromatic carbocycles. The quantitative estimate of drug-likeness (QED) is 0.253. The molecule has 2 heterocycles. The summed E-state index contributed by atoms with van der Waals surface area (Å²) in [7, 11) is 0. The average molecular weight is 568 g/mol. The van der Waals surface area contributed by atoms with Crippen LogP contribution in [0.4, 0.5) is 10.5 Å². The number of allylic oxidation sites excluding steroid dienone is 3. The smallest absolute Gasteiger partial charge is 0.321 e. The van der Waals surface area contributed by atoms with Crippen LogP contribution >= 0.6 is 11.6 Å². The van der Waals surface area contributed by atoms with E-state index in [4.69, 9.17) is 22.3 Å². The van der Waals surface area contributed by atoms with Crippen molar-refractivity contribution in [1.82, 2.24) is 19.4 Å². The van der Waals surface area contributed by atoms with Gasteiger partial charge in [-0.25, -0.2) is 9.78 Å². The average Bonchev–Trinajstić information content (AvgIpc) is 3.39.